The normalized spacial score (nSPS) is 16.8. The maximum Gasteiger partial charge on any atom is 0.422 e. The summed E-state index contributed by atoms with van der Waals surface area (Å²) < 4.78 is 43.3. The largest absolute Gasteiger partial charge is 0.422 e. The number of amides is 1. The summed E-state index contributed by atoms with van der Waals surface area (Å²) in [5.74, 6) is 0.589. The number of H-pyrrole nitrogens is 1. The van der Waals surface area contributed by atoms with Gasteiger partial charge in [0.15, 0.2) is 0 Å². The van der Waals surface area contributed by atoms with E-state index in [9.17, 15) is 22.8 Å². The Bertz CT molecular complexity index is 1180. The Morgan fingerprint density at radius 2 is 1.78 bits per heavy atom. The number of fused-ring (bicyclic) bond motifs is 1. The number of aromatic nitrogens is 3. The Morgan fingerprint density at radius 1 is 1.09 bits per heavy atom. The maximum atomic E-state index is 12.9. The predicted octanol–water partition coefficient (Wildman–Crippen LogP) is 7.77. The molecule has 11 heteroatoms. The fourth-order valence-corrected chi connectivity index (χ4v) is 5.23. The summed E-state index contributed by atoms with van der Waals surface area (Å²) in [6.07, 6.45) is 5.59. The monoisotopic (exact) mass is 653 g/mol. The molecular weight excluding hydrogens is 595 g/mol. The first-order chi connectivity index (χ1) is 21.9. The molecule has 2 aliphatic rings. The molecule has 0 saturated carbocycles. The van der Waals surface area contributed by atoms with E-state index in [0.29, 0.717) is 30.5 Å². The zero-order valence-corrected chi connectivity index (χ0v) is 29.4. The third-order valence-corrected chi connectivity index (χ3v) is 8.12. The first-order valence-electron chi connectivity index (χ1n) is 17.0. The van der Waals surface area contributed by atoms with Crippen molar-refractivity contribution in [2.75, 3.05) is 33.4 Å². The number of nitrogens with zero attached hydrogens (tertiary/aromatic N) is 3. The van der Waals surface area contributed by atoms with Gasteiger partial charge >= 0.3 is 6.18 Å². The van der Waals surface area contributed by atoms with Crippen molar-refractivity contribution in [1.29, 1.82) is 0 Å². The number of hydrogen-bond acceptors (Lipinski definition) is 6. The third kappa shape index (κ3) is 14.3. The lowest BCUT2D eigenvalue weighted by atomic mass is 9.90. The molecule has 2 aromatic heterocycles. The molecule has 2 aromatic rings. The summed E-state index contributed by atoms with van der Waals surface area (Å²) in [7, 11) is 1.71. The number of alkyl halides is 3. The van der Waals surface area contributed by atoms with Crippen molar-refractivity contribution in [2.45, 2.75) is 124 Å². The molecule has 46 heavy (non-hydrogen) atoms. The molecule has 1 saturated heterocycles. The van der Waals surface area contributed by atoms with Crippen molar-refractivity contribution in [3.8, 4) is 0 Å². The van der Waals surface area contributed by atoms with Crippen molar-refractivity contribution in [1.82, 2.24) is 25.4 Å². The molecule has 0 radical (unpaired) electrons. The van der Waals surface area contributed by atoms with Gasteiger partial charge in [-0.2, -0.15) is 18.3 Å². The molecule has 0 spiro atoms. The quantitative estimate of drug-likeness (QED) is 0.179. The van der Waals surface area contributed by atoms with E-state index < -0.39 is 17.3 Å². The molecule has 3 unspecified atom stereocenters. The van der Waals surface area contributed by atoms with E-state index in [4.69, 9.17) is 4.74 Å². The zero-order valence-electron chi connectivity index (χ0n) is 29.4. The lowest BCUT2D eigenvalue weighted by molar-refractivity contribution is -0.139. The van der Waals surface area contributed by atoms with Crippen molar-refractivity contribution in [3.63, 3.8) is 0 Å². The number of ether oxygens (including phenoxy) is 1. The summed E-state index contributed by atoms with van der Waals surface area (Å²) in [6.45, 7) is 18.2. The van der Waals surface area contributed by atoms with Crippen LogP contribution in [0.5, 0.6) is 0 Å². The van der Waals surface area contributed by atoms with Crippen LogP contribution in [0.25, 0.3) is 0 Å². The van der Waals surface area contributed by atoms with Crippen LogP contribution in [0.4, 0.5) is 13.2 Å². The summed E-state index contributed by atoms with van der Waals surface area (Å²) in [5.41, 5.74) is 0.729. The second-order valence-corrected chi connectivity index (χ2v) is 11.9. The lowest BCUT2D eigenvalue weighted by Gasteiger charge is -2.21. The number of aromatic amines is 1. The average Bonchev–Trinajstić information content (AvgIpc) is 3.80. The number of hydrogen-bond donors (Lipinski definition) is 2. The number of pyridine rings is 1. The summed E-state index contributed by atoms with van der Waals surface area (Å²) >= 11 is 0. The van der Waals surface area contributed by atoms with Crippen molar-refractivity contribution >= 4 is 5.91 Å². The lowest BCUT2D eigenvalue weighted by Crippen LogP contribution is -2.32. The summed E-state index contributed by atoms with van der Waals surface area (Å²) in [6, 6.07) is 4.77. The Labute approximate surface area is 274 Å². The van der Waals surface area contributed by atoms with E-state index in [0.717, 1.165) is 57.6 Å². The van der Waals surface area contributed by atoms with Crippen LogP contribution in [0.1, 0.15) is 133 Å². The van der Waals surface area contributed by atoms with Crippen LogP contribution in [0, 0.1) is 12.8 Å². The number of methoxy groups -OCH3 is 1. The van der Waals surface area contributed by atoms with Gasteiger partial charge in [0.25, 0.3) is 5.56 Å². The van der Waals surface area contributed by atoms with E-state index in [1.54, 1.807) is 7.11 Å². The summed E-state index contributed by atoms with van der Waals surface area (Å²) in [5, 5.41) is 9.07. The standard InChI is InChI=1S/C12H15F3N2O.C11H23NO.C8H10N2.C4H10O/c1-3-6(2)7-4-5-8-9(12(13,14)15)11(18)17-16-10(7)8;1-4-7-8-10-12(9-5-2)11(13)6-3;1-6-2-3-7(4-9-6)8-5-10-8;1-3-4-5-2/h6-7H,3-5H2,1-2H3,(H,17,18);4-10H2,1-3H3;2-4,8,10H,5H2,1H3;3-4H2,1-2H3. The molecular formula is C35H58F3N5O3. The number of carbonyl (C=O) groups is 1. The highest BCUT2D eigenvalue weighted by Gasteiger charge is 2.41. The molecule has 0 bridgehead atoms. The van der Waals surface area contributed by atoms with Gasteiger partial charge in [-0.3, -0.25) is 14.6 Å². The minimum absolute atomic E-state index is 0.0166. The molecule has 1 aliphatic carbocycles. The predicted molar refractivity (Wildman–Crippen MR) is 179 cm³/mol. The molecule has 0 aromatic carbocycles. The van der Waals surface area contributed by atoms with Crippen molar-refractivity contribution in [2.24, 2.45) is 5.92 Å². The first-order valence-corrected chi connectivity index (χ1v) is 17.0. The number of rotatable bonds is 12. The second kappa shape index (κ2) is 21.9. The van der Waals surface area contributed by atoms with Gasteiger partial charge in [-0.15, -0.1) is 0 Å². The molecule has 8 nitrogen and oxygen atoms in total. The van der Waals surface area contributed by atoms with Crippen LogP contribution >= 0.6 is 0 Å². The van der Waals surface area contributed by atoms with Crippen molar-refractivity contribution < 1.29 is 22.7 Å². The van der Waals surface area contributed by atoms with Crippen LogP contribution in [0.15, 0.2) is 23.1 Å². The summed E-state index contributed by atoms with van der Waals surface area (Å²) in [4.78, 5) is 29.0. The van der Waals surface area contributed by atoms with Gasteiger partial charge in [-0.1, -0.05) is 66.9 Å². The van der Waals surface area contributed by atoms with Gasteiger partial charge < -0.3 is 15.0 Å². The van der Waals surface area contributed by atoms with E-state index >= 15 is 0 Å². The van der Waals surface area contributed by atoms with E-state index in [2.05, 4.69) is 48.3 Å². The van der Waals surface area contributed by atoms with E-state index in [1.165, 1.54) is 18.4 Å². The number of nitrogens with one attached hydrogen (secondary N) is 2. The Balaban J connectivity index is 0.000000332. The number of aryl methyl sites for hydroxylation is 1. The van der Waals surface area contributed by atoms with Crippen LogP contribution < -0.4 is 10.9 Å². The minimum atomic E-state index is -4.61. The molecule has 3 atom stereocenters. The molecule has 1 amide bonds. The first kappa shape index (κ1) is 41.2. The highest BCUT2D eigenvalue weighted by molar-refractivity contribution is 5.75. The maximum absolute atomic E-state index is 12.9. The SMILES string of the molecule is CCC(C)C1CCc2c1n[nH]c(=O)c2C(F)(F)F.CCCCCN(CCC)C(=O)CC.CCCOC.Cc1ccc(C2CN2)cn1. The van der Waals surface area contributed by atoms with Crippen molar-refractivity contribution in [3.05, 3.63) is 56.8 Å². The van der Waals surface area contributed by atoms with Crippen LogP contribution in [0.2, 0.25) is 0 Å². The topological polar surface area (TPSA) is 110 Å². The Kier molecular flexibility index (Phi) is 19.6. The second-order valence-electron chi connectivity index (χ2n) is 11.9. The number of halogens is 3. The molecule has 1 aliphatic heterocycles. The van der Waals surface area contributed by atoms with Gasteiger partial charge in [-0.05, 0) is 62.1 Å². The van der Waals surface area contributed by atoms with Gasteiger partial charge in [0.2, 0.25) is 5.91 Å². The van der Waals surface area contributed by atoms with E-state index in [-0.39, 0.29) is 23.8 Å². The Morgan fingerprint density at radius 3 is 2.24 bits per heavy atom. The van der Waals surface area contributed by atoms with Crippen LogP contribution in [-0.2, 0) is 22.1 Å². The van der Waals surface area contributed by atoms with Crippen LogP contribution in [-0.4, -0.2) is 59.3 Å². The van der Waals surface area contributed by atoms with Gasteiger partial charge in [-0.25, -0.2) is 5.10 Å². The third-order valence-electron chi connectivity index (χ3n) is 8.12. The molecule has 1 fully saturated rings. The number of carbonyl (C=O) groups excluding carboxylic acids is 1. The smallest absolute Gasteiger partial charge is 0.385 e. The molecule has 4 rings (SSSR count). The minimum Gasteiger partial charge on any atom is -0.385 e. The fourth-order valence-electron chi connectivity index (χ4n) is 5.23. The molecule has 2 N–H and O–H groups in total. The molecule has 3 heterocycles. The van der Waals surface area contributed by atoms with Gasteiger partial charge in [0.1, 0.15) is 5.56 Å². The average molecular weight is 654 g/mol. The highest BCUT2D eigenvalue weighted by atomic mass is 19.4. The van der Waals surface area contributed by atoms with Gasteiger partial charge in [0.05, 0.1) is 5.69 Å². The zero-order chi connectivity index (χ0) is 34.7. The molecule has 262 valence electrons. The number of unbranched alkanes of at least 4 members (excludes halogenated alkanes) is 2. The van der Waals surface area contributed by atoms with Crippen LogP contribution in [0.3, 0.4) is 0 Å². The fraction of sp³-hybridized carbons (Fsp3) is 0.714. The van der Waals surface area contributed by atoms with E-state index in [1.807, 2.05) is 43.9 Å². The highest BCUT2D eigenvalue weighted by Crippen LogP contribution is 2.42. The van der Waals surface area contributed by atoms with Gasteiger partial charge in [0, 0.05) is 63.6 Å². The Hall–Kier alpha value is -2.79.